The molecule has 1 aliphatic rings. The lowest BCUT2D eigenvalue weighted by atomic mass is 10.1. The molecule has 0 radical (unpaired) electrons. The van der Waals surface area contributed by atoms with Gasteiger partial charge in [0.15, 0.2) is 0 Å². The van der Waals surface area contributed by atoms with Crippen molar-refractivity contribution >= 4 is 35.0 Å². The Hall–Kier alpha value is -2.51. The first-order valence-electron chi connectivity index (χ1n) is 9.41. The van der Waals surface area contributed by atoms with Crippen LogP contribution in [0.4, 0.5) is 5.69 Å². The average molecular weight is 429 g/mol. The van der Waals surface area contributed by atoms with Gasteiger partial charge in [-0.3, -0.25) is 4.79 Å². The molecule has 6 nitrogen and oxygen atoms in total. The van der Waals surface area contributed by atoms with Crippen LogP contribution in [-0.4, -0.2) is 52.9 Å². The first kappa shape index (κ1) is 19.8. The van der Waals surface area contributed by atoms with Crippen LogP contribution in [-0.2, 0) is 4.79 Å². The molecule has 1 fully saturated rings. The molecular weight excluding hydrogens is 408 g/mol. The third-order valence-electron chi connectivity index (χ3n) is 4.91. The van der Waals surface area contributed by atoms with E-state index in [4.69, 9.17) is 16.0 Å². The molecule has 4 rings (SSSR count). The maximum absolute atomic E-state index is 12.6. The molecule has 29 heavy (non-hydrogen) atoms. The number of carbonyl (C=O) groups excluding carboxylic acids is 1. The molecule has 8 heteroatoms. The Bertz CT molecular complexity index is 984. The summed E-state index contributed by atoms with van der Waals surface area (Å²) >= 11 is 7.17. The van der Waals surface area contributed by atoms with Crippen molar-refractivity contribution in [1.29, 1.82) is 0 Å². The third-order valence-corrected chi connectivity index (χ3v) is 5.96. The molecule has 0 unspecified atom stereocenters. The van der Waals surface area contributed by atoms with Gasteiger partial charge in [0.25, 0.3) is 5.22 Å². The lowest BCUT2D eigenvalue weighted by molar-refractivity contribution is -0.128. The highest BCUT2D eigenvalue weighted by atomic mass is 35.5. The van der Waals surface area contributed by atoms with Crippen LogP contribution >= 0.6 is 23.4 Å². The van der Waals surface area contributed by atoms with E-state index >= 15 is 0 Å². The van der Waals surface area contributed by atoms with Gasteiger partial charge in [-0.05, 0) is 42.8 Å². The monoisotopic (exact) mass is 428 g/mol. The molecular formula is C21H21ClN4O2S. The van der Waals surface area contributed by atoms with E-state index in [0.29, 0.717) is 29.2 Å². The number of carbonyl (C=O) groups is 1. The van der Waals surface area contributed by atoms with Crippen LogP contribution in [0.2, 0.25) is 5.02 Å². The first-order valence-corrected chi connectivity index (χ1v) is 10.8. The second kappa shape index (κ2) is 8.88. The molecule has 3 aromatic rings. The van der Waals surface area contributed by atoms with Crippen molar-refractivity contribution in [3.05, 3.63) is 59.1 Å². The molecule has 0 atom stereocenters. The Morgan fingerprint density at radius 3 is 2.52 bits per heavy atom. The minimum Gasteiger partial charge on any atom is -0.411 e. The van der Waals surface area contributed by atoms with Crippen LogP contribution in [0, 0.1) is 6.92 Å². The van der Waals surface area contributed by atoms with Gasteiger partial charge in [0.1, 0.15) is 0 Å². The van der Waals surface area contributed by atoms with Gasteiger partial charge in [-0.25, -0.2) is 0 Å². The van der Waals surface area contributed by atoms with E-state index in [1.807, 2.05) is 23.1 Å². The Morgan fingerprint density at radius 2 is 1.79 bits per heavy atom. The Kier molecular flexibility index (Phi) is 6.06. The number of nitrogens with zero attached hydrogens (tertiary/aromatic N) is 4. The molecule has 1 aliphatic heterocycles. The highest BCUT2D eigenvalue weighted by Gasteiger charge is 2.22. The molecule has 0 bridgehead atoms. The van der Waals surface area contributed by atoms with Crippen molar-refractivity contribution in [1.82, 2.24) is 15.1 Å². The second-order valence-electron chi connectivity index (χ2n) is 6.82. The number of amides is 1. The smallest absolute Gasteiger partial charge is 0.277 e. The largest absolute Gasteiger partial charge is 0.411 e. The summed E-state index contributed by atoms with van der Waals surface area (Å²) in [5.74, 6) is 0.793. The zero-order chi connectivity index (χ0) is 20.2. The summed E-state index contributed by atoms with van der Waals surface area (Å²) in [6.45, 7) is 5.22. The van der Waals surface area contributed by atoms with E-state index in [2.05, 4.69) is 40.2 Å². The minimum absolute atomic E-state index is 0.0886. The predicted octanol–water partition coefficient (Wildman–Crippen LogP) is 4.14. The Labute approximate surface area is 178 Å². The highest BCUT2D eigenvalue weighted by molar-refractivity contribution is 7.99. The number of hydrogen-bond donors (Lipinski definition) is 0. The quantitative estimate of drug-likeness (QED) is 0.569. The molecule has 0 spiro atoms. The van der Waals surface area contributed by atoms with Crippen molar-refractivity contribution in [2.75, 3.05) is 36.8 Å². The van der Waals surface area contributed by atoms with Crippen molar-refractivity contribution in [3.8, 4) is 11.5 Å². The number of piperazine rings is 1. The fourth-order valence-electron chi connectivity index (χ4n) is 3.31. The van der Waals surface area contributed by atoms with E-state index < -0.39 is 0 Å². The van der Waals surface area contributed by atoms with E-state index in [-0.39, 0.29) is 11.7 Å². The van der Waals surface area contributed by atoms with Crippen molar-refractivity contribution in [3.63, 3.8) is 0 Å². The predicted molar refractivity (Wildman–Crippen MR) is 115 cm³/mol. The fraction of sp³-hybridized carbons (Fsp3) is 0.286. The maximum atomic E-state index is 12.6. The van der Waals surface area contributed by atoms with Gasteiger partial charge in [-0.2, -0.15) is 0 Å². The Morgan fingerprint density at radius 1 is 1.07 bits per heavy atom. The van der Waals surface area contributed by atoms with Crippen molar-refractivity contribution in [2.45, 2.75) is 12.1 Å². The normalized spacial score (nSPS) is 14.3. The number of para-hydroxylation sites is 1. The lowest BCUT2D eigenvalue weighted by Gasteiger charge is -2.36. The van der Waals surface area contributed by atoms with Crippen LogP contribution in [0.15, 0.2) is 58.2 Å². The number of anilines is 1. The van der Waals surface area contributed by atoms with Gasteiger partial charge >= 0.3 is 0 Å². The van der Waals surface area contributed by atoms with Crippen LogP contribution in [0.3, 0.4) is 0 Å². The van der Waals surface area contributed by atoms with Gasteiger partial charge < -0.3 is 14.2 Å². The molecule has 0 saturated carbocycles. The first-order chi connectivity index (χ1) is 14.1. The second-order valence-corrected chi connectivity index (χ2v) is 8.19. The number of benzene rings is 2. The van der Waals surface area contributed by atoms with Crippen LogP contribution in [0.25, 0.3) is 11.5 Å². The summed E-state index contributed by atoms with van der Waals surface area (Å²) in [7, 11) is 0. The molecule has 2 heterocycles. The summed E-state index contributed by atoms with van der Waals surface area (Å²) in [4.78, 5) is 16.8. The topological polar surface area (TPSA) is 62.5 Å². The van der Waals surface area contributed by atoms with Gasteiger partial charge in [0, 0.05) is 42.5 Å². The van der Waals surface area contributed by atoms with Crippen LogP contribution in [0.5, 0.6) is 0 Å². The van der Waals surface area contributed by atoms with Crippen molar-refractivity contribution in [2.24, 2.45) is 0 Å². The molecule has 150 valence electrons. The number of thioether (sulfide) groups is 1. The molecule has 2 aromatic carbocycles. The summed E-state index contributed by atoms with van der Waals surface area (Å²) in [5.41, 5.74) is 3.30. The number of aromatic nitrogens is 2. The standard InChI is InChI=1S/C21H21ClN4O2S/c1-15-4-2-3-5-18(15)25-10-12-26(13-11-25)19(27)14-29-21-24-23-20(28-21)16-6-8-17(22)9-7-16/h2-9H,10-14H2,1H3. The number of rotatable bonds is 5. The average Bonchev–Trinajstić information content (AvgIpc) is 3.22. The third kappa shape index (κ3) is 4.74. The van der Waals surface area contributed by atoms with E-state index in [9.17, 15) is 4.79 Å². The molecule has 0 aliphatic carbocycles. The summed E-state index contributed by atoms with van der Waals surface area (Å²) in [5, 5.41) is 9.11. The SMILES string of the molecule is Cc1ccccc1N1CCN(C(=O)CSc2nnc(-c3ccc(Cl)cc3)o2)CC1. The van der Waals surface area contributed by atoms with Gasteiger partial charge in [0.05, 0.1) is 5.75 Å². The summed E-state index contributed by atoms with van der Waals surface area (Å²) in [6, 6.07) is 15.5. The van der Waals surface area contributed by atoms with Gasteiger partial charge in [-0.15, -0.1) is 10.2 Å². The van der Waals surface area contributed by atoms with Gasteiger partial charge in [0.2, 0.25) is 11.8 Å². The number of aryl methyl sites for hydroxylation is 1. The minimum atomic E-state index is 0.0886. The summed E-state index contributed by atoms with van der Waals surface area (Å²) < 4.78 is 5.65. The lowest BCUT2D eigenvalue weighted by Crippen LogP contribution is -2.49. The van der Waals surface area contributed by atoms with Crippen molar-refractivity contribution < 1.29 is 9.21 Å². The molecule has 1 aromatic heterocycles. The molecule has 0 N–H and O–H groups in total. The zero-order valence-electron chi connectivity index (χ0n) is 16.0. The van der Waals surface area contributed by atoms with Crippen LogP contribution in [0.1, 0.15) is 5.56 Å². The van der Waals surface area contributed by atoms with E-state index in [0.717, 1.165) is 18.7 Å². The fourth-order valence-corrected chi connectivity index (χ4v) is 4.10. The van der Waals surface area contributed by atoms with E-state index in [1.54, 1.807) is 12.1 Å². The summed E-state index contributed by atoms with van der Waals surface area (Å²) in [6.07, 6.45) is 0. The molecule has 1 amide bonds. The zero-order valence-corrected chi connectivity index (χ0v) is 17.6. The van der Waals surface area contributed by atoms with Crippen LogP contribution < -0.4 is 4.90 Å². The Balaban J connectivity index is 1.29. The molecule has 1 saturated heterocycles. The highest BCUT2D eigenvalue weighted by Crippen LogP contribution is 2.25. The van der Waals surface area contributed by atoms with Gasteiger partial charge in [-0.1, -0.05) is 41.6 Å². The maximum Gasteiger partial charge on any atom is 0.277 e. The number of halogens is 1. The number of hydrogen-bond acceptors (Lipinski definition) is 6. The van der Waals surface area contributed by atoms with E-state index in [1.165, 1.54) is 23.0 Å².